The highest BCUT2D eigenvalue weighted by molar-refractivity contribution is 7.98. The Morgan fingerprint density at radius 1 is 1.26 bits per heavy atom. The molecule has 1 aliphatic carbocycles. The summed E-state index contributed by atoms with van der Waals surface area (Å²) in [5.74, 6) is 2.08. The highest BCUT2D eigenvalue weighted by Gasteiger charge is 2.19. The Hall–Kier alpha value is -0.470. The van der Waals surface area contributed by atoms with Crippen LogP contribution in [0.5, 0.6) is 0 Å². The van der Waals surface area contributed by atoms with E-state index in [-0.39, 0.29) is 0 Å². The highest BCUT2D eigenvalue weighted by Crippen LogP contribution is 2.36. The van der Waals surface area contributed by atoms with Crippen molar-refractivity contribution in [1.29, 1.82) is 0 Å². The summed E-state index contributed by atoms with van der Waals surface area (Å²) in [6.45, 7) is 3.35. The van der Waals surface area contributed by atoms with Gasteiger partial charge in [0.2, 0.25) is 0 Å². The lowest BCUT2D eigenvalue weighted by molar-refractivity contribution is 0.419. The largest absolute Gasteiger partial charge is 0.310 e. The molecule has 2 heteroatoms. The molecule has 1 aliphatic rings. The van der Waals surface area contributed by atoms with Crippen molar-refractivity contribution < 1.29 is 0 Å². The zero-order valence-corrected chi connectivity index (χ0v) is 13.1. The second kappa shape index (κ2) is 7.96. The van der Waals surface area contributed by atoms with Crippen LogP contribution in [0.1, 0.15) is 62.1 Å². The molecule has 0 amide bonds. The van der Waals surface area contributed by atoms with Crippen molar-refractivity contribution in [2.45, 2.75) is 51.0 Å². The molecule has 1 atom stereocenters. The van der Waals surface area contributed by atoms with Gasteiger partial charge in [0.1, 0.15) is 0 Å². The second-order valence-corrected chi connectivity index (χ2v) is 6.57. The molecule has 0 spiro atoms. The van der Waals surface area contributed by atoms with Gasteiger partial charge in [0.15, 0.2) is 0 Å². The average molecular weight is 277 g/mol. The van der Waals surface area contributed by atoms with Gasteiger partial charge in [-0.25, -0.2) is 0 Å². The van der Waals surface area contributed by atoms with Crippen LogP contribution in [0.4, 0.5) is 0 Å². The van der Waals surface area contributed by atoms with Crippen molar-refractivity contribution >= 4 is 11.8 Å². The fourth-order valence-corrected chi connectivity index (χ4v) is 3.15. The first-order chi connectivity index (χ1) is 9.35. The molecule has 1 N–H and O–H groups in total. The third kappa shape index (κ3) is 4.25. The monoisotopic (exact) mass is 277 g/mol. The molecule has 106 valence electrons. The summed E-state index contributed by atoms with van der Waals surface area (Å²) in [7, 11) is 0. The molecule has 1 aromatic rings. The lowest BCUT2D eigenvalue weighted by Gasteiger charge is -2.26. The van der Waals surface area contributed by atoms with E-state index >= 15 is 0 Å². The SMILES string of the molecule is CCCNC(CCSC)c1ccc(C2CCC2)cc1. The number of benzene rings is 1. The third-order valence-electron chi connectivity index (χ3n) is 4.17. The van der Waals surface area contributed by atoms with Crippen LogP contribution in [0.15, 0.2) is 24.3 Å². The Morgan fingerprint density at radius 3 is 2.53 bits per heavy atom. The maximum Gasteiger partial charge on any atom is 0.0328 e. The van der Waals surface area contributed by atoms with E-state index in [1.807, 2.05) is 11.8 Å². The normalized spacial score (nSPS) is 17.2. The van der Waals surface area contributed by atoms with E-state index in [1.54, 1.807) is 5.56 Å². The second-order valence-electron chi connectivity index (χ2n) is 5.58. The minimum atomic E-state index is 0.530. The Morgan fingerprint density at radius 2 is 2.00 bits per heavy atom. The molecule has 0 aromatic heterocycles. The first kappa shape index (κ1) is 14.9. The van der Waals surface area contributed by atoms with E-state index < -0.39 is 0 Å². The minimum Gasteiger partial charge on any atom is -0.310 e. The third-order valence-corrected chi connectivity index (χ3v) is 4.81. The molecule has 0 aliphatic heterocycles. The van der Waals surface area contributed by atoms with Crippen LogP contribution < -0.4 is 5.32 Å². The molecular weight excluding hydrogens is 250 g/mol. The molecule has 1 saturated carbocycles. The fourth-order valence-electron chi connectivity index (χ4n) is 2.68. The van der Waals surface area contributed by atoms with Gasteiger partial charge in [-0.15, -0.1) is 0 Å². The van der Waals surface area contributed by atoms with Crippen LogP contribution in [-0.2, 0) is 0 Å². The topological polar surface area (TPSA) is 12.0 Å². The molecule has 1 fully saturated rings. The van der Waals surface area contributed by atoms with E-state index in [0.29, 0.717) is 6.04 Å². The Kier molecular flexibility index (Phi) is 6.25. The lowest BCUT2D eigenvalue weighted by Crippen LogP contribution is -2.22. The Balaban J connectivity index is 1.98. The molecule has 0 bridgehead atoms. The zero-order chi connectivity index (χ0) is 13.5. The lowest BCUT2D eigenvalue weighted by atomic mass is 9.80. The van der Waals surface area contributed by atoms with Gasteiger partial charge in [0, 0.05) is 6.04 Å². The molecule has 1 unspecified atom stereocenters. The van der Waals surface area contributed by atoms with Gasteiger partial charge in [0.25, 0.3) is 0 Å². The number of hydrogen-bond acceptors (Lipinski definition) is 2. The maximum atomic E-state index is 3.68. The van der Waals surface area contributed by atoms with Gasteiger partial charge in [-0.2, -0.15) is 11.8 Å². The van der Waals surface area contributed by atoms with Gasteiger partial charge < -0.3 is 5.32 Å². The summed E-state index contributed by atoms with van der Waals surface area (Å²) in [6, 6.07) is 9.95. The van der Waals surface area contributed by atoms with Crippen molar-refractivity contribution in [3.05, 3.63) is 35.4 Å². The van der Waals surface area contributed by atoms with Gasteiger partial charge >= 0.3 is 0 Å². The number of rotatable bonds is 8. The van der Waals surface area contributed by atoms with Crippen LogP contribution in [0.25, 0.3) is 0 Å². The molecule has 2 rings (SSSR count). The van der Waals surface area contributed by atoms with E-state index in [4.69, 9.17) is 0 Å². The van der Waals surface area contributed by atoms with Gasteiger partial charge in [-0.1, -0.05) is 37.6 Å². The Labute approximate surface area is 122 Å². The van der Waals surface area contributed by atoms with E-state index in [0.717, 1.165) is 12.5 Å². The van der Waals surface area contributed by atoms with E-state index in [1.165, 1.54) is 43.4 Å². The fraction of sp³-hybridized carbons (Fsp3) is 0.647. The van der Waals surface area contributed by atoms with Crippen LogP contribution in [-0.4, -0.2) is 18.6 Å². The van der Waals surface area contributed by atoms with Crippen LogP contribution in [0.3, 0.4) is 0 Å². The zero-order valence-electron chi connectivity index (χ0n) is 12.3. The van der Waals surface area contributed by atoms with Crippen LogP contribution in [0.2, 0.25) is 0 Å². The standard InChI is InChI=1S/C17H27NS/c1-3-12-18-17(11-13-19-2)16-9-7-15(8-10-16)14-5-4-6-14/h7-10,14,17-18H,3-6,11-13H2,1-2H3. The molecule has 0 radical (unpaired) electrons. The summed E-state index contributed by atoms with van der Waals surface area (Å²) in [4.78, 5) is 0. The predicted molar refractivity (Wildman–Crippen MR) is 87.1 cm³/mol. The molecular formula is C17H27NS. The van der Waals surface area contributed by atoms with Gasteiger partial charge in [-0.3, -0.25) is 0 Å². The molecule has 0 heterocycles. The molecule has 19 heavy (non-hydrogen) atoms. The summed E-state index contributed by atoms with van der Waals surface area (Å²) < 4.78 is 0. The predicted octanol–water partition coefficient (Wildman–Crippen LogP) is 4.75. The molecule has 1 aromatic carbocycles. The smallest absolute Gasteiger partial charge is 0.0328 e. The quantitative estimate of drug-likeness (QED) is 0.736. The van der Waals surface area contributed by atoms with Crippen molar-refractivity contribution in [2.75, 3.05) is 18.6 Å². The highest BCUT2D eigenvalue weighted by atomic mass is 32.2. The van der Waals surface area contributed by atoms with Crippen LogP contribution in [0, 0.1) is 0 Å². The first-order valence-corrected chi connectivity index (χ1v) is 9.06. The summed E-state index contributed by atoms with van der Waals surface area (Å²) >= 11 is 1.94. The summed E-state index contributed by atoms with van der Waals surface area (Å²) in [5.41, 5.74) is 3.01. The van der Waals surface area contributed by atoms with Crippen LogP contribution >= 0.6 is 11.8 Å². The number of thioether (sulfide) groups is 1. The summed E-state index contributed by atoms with van der Waals surface area (Å²) in [6.07, 6.45) is 8.82. The van der Waals surface area contributed by atoms with Gasteiger partial charge in [-0.05, 0) is 61.3 Å². The van der Waals surface area contributed by atoms with Crippen molar-refractivity contribution in [3.8, 4) is 0 Å². The average Bonchev–Trinajstić information content (AvgIpc) is 2.38. The maximum absolute atomic E-state index is 3.68. The molecule has 0 saturated heterocycles. The van der Waals surface area contributed by atoms with Crippen molar-refractivity contribution in [1.82, 2.24) is 5.32 Å². The first-order valence-electron chi connectivity index (χ1n) is 7.67. The van der Waals surface area contributed by atoms with Crippen molar-refractivity contribution in [2.24, 2.45) is 0 Å². The minimum absolute atomic E-state index is 0.530. The summed E-state index contributed by atoms with van der Waals surface area (Å²) in [5, 5.41) is 3.68. The number of nitrogens with one attached hydrogen (secondary N) is 1. The number of hydrogen-bond donors (Lipinski definition) is 1. The van der Waals surface area contributed by atoms with E-state index in [9.17, 15) is 0 Å². The van der Waals surface area contributed by atoms with Crippen molar-refractivity contribution in [3.63, 3.8) is 0 Å². The Bertz CT molecular complexity index is 348. The molecule has 1 nitrogen and oxygen atoms in total. The van der Waals surface area contributed by atoms with Gasteiger partial charge in [0.05, 0.1) is 0 Å². The van der Waals surface area contributed by atoms with E-state index in [2.05, 4.69) is 42.8 Å².